The Balaban J connectivity index is 2.43. The van der Waals surface area contributed by atoms with Crippen molar-refractivity contribution >= 4 is 11.9 Å². The zero-order valence-corrected chi connectivity index (χ0v) is 10.1. The maximum absolute atomic E-state index is 13.7. The first kappa shape index (κ1) is 12.5. The molecule has 1 aromatic carbocycles. The number of benzene rings is 1. The van der Waals surface area contributed by atoms with Crippen molar-refractivity contribution in [1.82, 2.24) is 10.6 Å². The summed E-state index contributed by atoms with van der Waals surface area (Å²) in [4.78, 5) is 15.9. The standard InChI is InChI=1S/C12H13F2N3O/c1-3-15-11-16-10(18)12(2,17-11)8-5-4-7(13)6-9(8)14/h4-6H,3H2,1-2H3,(H2,15,16,17,18). The summed E-state index contributed by atoms with van der Waals surface area (Å²) in [5.74, 6) is -1.56. The molecule has 4 nitrogen and oxygen atoms in total. The lowest BCUT2D eigenvalue weighted by Gasteiger charge is -2.22. The number of nitrogens with zero attached hydrogens (tertiary/aromatic N) is 1. The molecule has 0 aliphatic carbocycles. The Hall–Kier alpha value is -1.98. The van der Waals surface area contributed by atoms with Crippen LogP contribution in [0.15, 0.2) is 23.2 Å². The first-order chi connectivity index (χ1) is 8.47. The molecule has 0 radical (unpaired) electrons. The average molecular weight is 253 g/mol. The predicted molar refractivity (Wildman–Crippen MR) is 63.0 cm³/mol. The van der Waals surface area contributed by atoms with E-state index in [4.69, 9.17) is 0 Å². The highest BCUT2D eigenvalue weighted by Gasteiger charge is 2.44. The molecule has 1 aromatic rings. The van der Waals surface area contributed by atoms with Crippen LogP contribution in [0.3, 0.4) is 0 Å². The summed E-state index contributed by atoms with van der Waals surface area (Å²) in [5, 5.41) is 5.35. The highest BCUT2D eigenvalue weighted by Crippen LogP contribution is 2.27. The fraction of sp³-hybridized carbons (Fsp3) is 0.333. The van der Waals surface area contributed by atoms with Crippen LogP contribution in [0.25, 0.3) is 0 Å². The number of rotatable bonds is 2. The van der Waals surface area contributed by atoms with Gasteiger partial charge in [-0.05, 0) is 19.9 Å². The summed E-state index contributed by atoms with van der Waals surface area (Å²) in [6, 6.07) is 3.13. The van der Waals surface area contributed by atoms with Crippen molar-refractivity contribution in [1.29, 1.82) is 0 Å². The van der Waals surface area contributed by atoms with Gasteiger partial charge in [-0.15, -0.1) is 0 Å². The number of hydrogen-bond donors (Lipinski definition) is 2. The van der Waals surface area contributed by atoms with Crippen LogP contribution in [-0.4, -0.2) is 18.4 Å². The topological polar surface area (TPSA) is 53.5 Å². The van der Waals surface area contributed by atoms with Gasteiger partial charge in [-0.3, -0.25) is 15.1 Å². The Labute approximate surface area is 103 Å². The van der Waals surface area contributed by atoms with Crippen molar-refractivity contribution < 1.29 is 13.6 Å². The van der Waals surface area contributed by atoms with E-state index in [-0.39, 0.29) is 5.56 Å². The van der Waals surface area contributed by atoms with Crippen molar-refractivity contribution in [3.63, 3.8) is 0 Å². The molecule has 2 rings (SSSR count). The number of nitrogens with one attached hydrogen (secondary N) is 2. The fourth-order valence-corrected chi connectivity index (χ4v) is 1.88. The van der Waals surface area contributed by atoms with Gasteiger partial charge in [-0.2, -0.15) is 0 Å². The molecule has 18 heavy (non-hydrogen) atoms. The number of hydrogen-bond acceptors (Lipinski definition) is 2. The molecular weight excluding hydrogens is 240 g/mol. The van der Waals surface area contributed by atoms with Gasteiger partial charge in [0.1, 0.15) is 17.2 Å². The Morgan fingerprint density at radius 1 is 1.39 bits per heavy atom. The highest BCUT2D eigenvalue weighted by atomic mass is 19.1. The number of aliphatic imine (C=N–C) groups is 1. The SMILES string of the molecule is CCN=C1NC(=O)C(C)(c2ccc(F)cc2F)N1. The van der Waals surface area contributed by atoms with Crippen LogP contribution in [-0.2, 0) is 10.3 Å². The molecule has 0 bridgehead atoms. The van der Waals surface area contributed by atoms with Gasteiger partial charge < -0.3 is 5.32 Å². The van der Waals surface area contributed by atoms with Crippen LogP contribution >= 0.6 is 0 Å². The normalized spacial score (nSPS) is 25.1. The molecule has 0 spiro atoms. The minimum absolute atomic E-state index is 0.0858. The molecule has 96 valence electrons. The average Bonchev–Trinajstić information content (AvgIpc) is 2.55. The lowest BCUT2D eigenvalue weighted by molar-refractivity contribution is -0.123. The van der Waals surface area contributed by atoms with Gasteiger partial charge in [-0.1, -0.05) is 6.07 Å². The predicted octanol–water partition coefficient (Wildman–Crippen LogP) is 1.28. The highest BCUT2D eigenvalue weighted by molar-refractivity contribution is 6.09. The number of guanidine groups is 1. The smallest absolute Gasteiger partial charge is 0.256 e. The maximum atomic E-state index is 13.7. The largest absolute Gasteiger partial charge is 0.338 e. The van der Waals surface area contributed by atoms with Crippen molar-refractivity contribution in [3.8, 4) is 0 Å². The zero-order chi connectivity index (χ0) is 13.3. The van der Waals surface area contributed by atoms with Crippen LogP contribution in [0.5, 0.6) is 0 Å². The maximum Gasteiger partial charge on any atom is 0.256 e. The monoisotopic (exact) mass is 253 g/mol. The number of halogens is 2. The van der Waals surface area contributed by atoms with E-state index in [0.29, 0.717) is 12.5 Å². The van der Waals surface area contributed by atoms with Crippen molar-refractivity contribution in [2.45, 2.75) is 19.4 Å². The first-order valence-electron chi connectivity index (χ1n) is 5.57. The summed E-state index contributed by atoms with van der Waals surface area (Å²) in [5.41, 5.74) is -1.19. The van der Waals surface area contributed by atoms with Gasteiger partial charge in [0, 0.05) is 18.2 Å². The molecule has 1 saturated heterocycles. The molecule has 1 unspecified atom stereocenters. The van der Waals surface area contributed by atoms with E-state index in [1.165, 1.54) is 13.0 Å². The number of amides is 1. The Morgan fingerprint density at radius 3 is 2.72 bits per heavy atom. The van der Waals surface area contributed by atoms with Crippen molar-refractivity contribution in [2.24, 2.45) is 4.99 Å². The first-order valence-corrected chi connectivity index (χ1v) is 5.57. The van der Waals surface area contributed by atoms with Crippen LogP contribution in [0, 0.1) is 11.6 Å². The molecule has 6 heteroatoms. The molecule has 0 saturated carbocycles. The van der Waals surface area contributed by atoms with Crippen LogP contribution in [0.4, 0.5) is 8.78 Å². The molecule has 1 heterocycles. The van der Waals surface area contributed by atoms with E-state index in [2.05, 4.69) is 15.6 Å². The summed E-state index contributed by atoms with van der Waals surface area (Å²) in [6.45, 7) is 3.83. The summed E-state index contributed by atoms with van der Waals surface area (Å²) in [7, 11) is 0. The zero-order valence-electron chi connectivity index (χ0n) is 10.1. The minimum Gasteiger partial charge on any atom is -0.338 e. The van der Waals surface area contributed by atoms with Crippen molar-refractivity contribution in [3.05, 3.63) is 35.4 Å². The second-order valence-corrected chi connectivity index (χ2v) is 4.15. The molecule has 0 aromatic heterocycles. The third-order valence-electron chi connectivity index (χ3n) is 2.84. The van der Waals surface area contributed by atoms with Gasteiger partial charge in [0.2, 0.25) is 0 Å². The summed E-state index contributed by atoms with van der Waals surface area (Å²) >= 11 is 0. The summed E-state index contributed by atoms with van der Waals surface area (Å²) < 4.78 is 26.6. The molecule has 2 N–H and O–H groups in total. The fourth-order valence-electron chi connectivity index (χ4n) is 1.88. The molecule has 1 amide bonds. The Kier molecular flexibility index (Phi) is 3.02. The van der Waals surface area contributed by atoms with E-state index >= 15 is 0 Å². The van der Waals surface area contributed by atoms with Gasteiger partial charge >= 0.3 is 0 Å². The second kappa shape index (κ2) is 4.36. The van der Waals surface area contributed by atoms with E-state index < -0.39 is 23.1 Å². The van der Waals surface area contributed by atoms with E-state index in [1.807, 2.05) is 6.92 Å². The van der Waals surface area contributed by atoms with Gasteiger partial charge in [0.25, 0.3) is 5.91 Å². The van der Waals surface area contributed by atoms with Gasteiger partial charge in [-0.25, -0.2) is 8.78 Å². The number of carbonyl (C=O) groups is 1. The Morgan fingerprint density at radius 2 is 2.11 bits per heavy atom. The van der Waals surface area contributed by atoms with Crippen molar-refractivity contribution in [2.75, 3.05) is 6.54 Å². The summed E-state index contributed by atoms with van der Waals surface area (Å²) in [6.07, 6.45) is 0. The number of carbonyl (C=O) groups excluding carboxylic acids is 1. The van der Waals surface area contributed by atoms with Crippen LogP contribution in [0.2, 0.25) is 0 Å². The van der Waals surface area contributed by atoms with E-state index in [1.54, 1.807) is 0 Å². The lowest BCUT2D eigenvalue weighted by atomic mass is 9.92. The Bertz CT molecular complexity index is 530. The molecule has 1 atom stereocenters. The van der Waals surface area contributed by atoms with Crippen LogP contribution in [0.1, 0.15) is 19.4 Å². The second-order valence-electron chi connectivity index (χ2n) is 4.15. The van der Waals surface area contributed by atoms with Gasteiger partial charge in [0.15, 0.2) is 5.96 Å². The third kappa shape index (κ3) is 1.94. The third-order valence-corrected chi connectivity index (χ3v) is 2.84. The minimum atomic E-state index is -1.27. The van der Waals surface area contributed by atoms with Gasteiger partial charge in [0.05, 0.1) is 0 Å². The molecule has 1 aliphatic rings. The lowest BCUT2D eigenvalue weighted by Crippen LogP contribution is -2.41. The van der Waals surface area contributed by atoms with E-state index in [9.17, 15) is 13.6 Å². The molecule has 1 aliphatic heterocycles. The quantitative estimate of drug-likeness (QED) is 0.834. The van der Waals surface area contributed by atoms with Crippen LogP contribution < -0.4 is 10.6 Å². The van der Waals surface area contributed by atoms with E-state index in [0.717, 1.165) is 12.1 Å². The molecular formula is C12H13F2N3O. The molecule has 1 fully saturated rings.